The van der Waals surface area contributed by atoms with E-state index in [4.69, 9.17) is 9.84 Å². The van der Waals surface area contributed by atoms with Crippen LogP contribution in [0.25, 0.3) is 0 Å². The van der Waals surface area contributed by atoms with Crippen molar-refractivity contribution in [1.29, 1.82) is 0 Å². The molecule has 1 saturated carbocycles. The molecule has 1 aliphatic heterocycles. The van der Waals surface area contributed by atoms with E-state index in [1.807, 2.05) is 0 Å². The highest BCUT2D eigenvalue weighted by molar-refractivity contribution is 5.79. The van der Waals surface area contributed by atoms with Crippen LogP contribution in [0.4, 0.5) is 0 Å². The van der Waals surface area contributed by atoms with Gasteiger partial charge in [-0.05, 0) is 0 Å². The Morgan fingerprint density at radius 3 is 2.56 bits per heavy atom. The number of carbonyl (C=O) groups is 1. The van der Waals surface area contributed by atoms with Gasteiger partial charge in [0.2, 0.25) is 0 Å². The van der Waals surface area contributed by atoms with E-state index in [0.717, 1.165) is 0 Å². The third-order valence-corrected chi connectivity index (χ3v) is 1.64. The summed E-state index contributed by atoms with van der Waals surface area (Å²) in [4.78, 5) is 9.93. The zero-order valence-corrected chi connectivity index (χ0v) is 4.65. The average molecular weight is 126 g/mol. The maximum absolute atomic E-state index is 9.93. The number of rotatable bonds is 2. The molecule has 0 aromatic rings. The molecule has 0 amide bonds. The van der Waals surface area contributed by atoms with E-state index in [1.54, 1.807) is 6.08 Å². The number of epoxide rings is 1. The summed E-state index contributed by atoms with van der Waals surface area (Å²) in [6.45, 7) is 0. The Balaban J connectivity index is 1.83. The Hall–Kier alpha value is -0.830. The Morgan fingerprint density at radius 2 is 2.22 bits per heavy atom. The lowest BCUT2D eigenvalue weighted by Gasteiger charge is -1.89. The molecule has 2 rings (SSSR count). The number of carboxylic acid groups (broad SMARTS) is 1. The fourth-order valence-electron chi connectivity index (χ4n) is 0.918. The van der Waals surface area contributed by atoms with Gasteiger partial charge in [0, 0.05) is 12.0 Å². The fourth-order valence-corrected chi connectivity index (χ4v) is 0.918. The summed E-state index contributed by atoms with van der Waals surface area (Å²) in [6.07, 6.45) is 3.63. The van der Waals surface area contributed by atoms with Crippen LogP contribution in [0.15, 0.2) is 12.2 Å². The van der Waals surface area contributed by atoms with Gasteiger partial charge in [0.05, 0.1) is 12.2 Å². The van der Waals surface area contributed by atoms with Crippen LogP contribution in [0.1, 0.15) is 0 Å². The third-order valence-electron chi connectivity index (χ3n) is 1.64. The van der Waals surface area contributed by atoms with Crippen molar-refractivity contribution in [2.75, 3.05) is 0 Å². The molecule has 1 N–H and O–H groups in total. The molecule has 3 nitrogen and oxygen atoms in total. The van der Waals surface area contributed by atoms with E-state index < -0.39 is 5.97 Å². The van der Waals surface area contributed by atoms with Crippen LogP contribution in [-0.2, 0) is 9.53 Å². The highest BCUT2D eigenvalue weighted by atomic mass is 16.6. The van der Waals surface area contributed by atoms with Gasteiger partial charge in [-0.3, -0.25) is 0 Å². The molecule has 2 fully saturated rings. The van der Waals surface area contributed by atoms with E-state index >= 15 is 0 Å². The molecule has 48 valence electrons. The summed E-state index contributed by atoms with van der Waals surface area (Å²) in [5.41, 5.74) is 0. The van der Waals surface area contributed by atoms with Crippen LogP contribution < -0.4 is 0 Å². The summed E-state index contributed by atoms with van der Waals surface area (Å²) in [7, 11) is 0. The lowest BCUT2D eigenvalue weighted by Crippen LogP contribution is -1.92. The van der Waals surface area contributed by atoms with E-state index in [1.165, 1.54) is 6.08 Å². The SMILES string of the molecule is O=C(O)C=CC1C2OC12. The fraction of sp³-hybridized carbons (Fsp3) is 0.500. The number of aliphatic carboxylic acids is 1. The Morgan fingerprint density at radius 1 is 1.56 bits per heavy atom. The summed E-state index contributed by atoms with van der Waals surface area (Å²) in [6, 6.07) is 0. The standard InChI is InChI=1S/C6H6O3/c7-4(8)2-1-3-5-6(3)9-5/h1-3,5-6H,(H,7,8). The average Bonchev–Trinajstić information content (AvgIpc) is 2.46. The summed E-state index contributed by atoms with van der Waals surface area (Å²) in [5.74, 6) is -0.456. The topological polar surface area (TPSA) is 49.8 Å². The number of fused-ring (bicyclic) bond motifs is 1. The van der Waals surface area contributed by atoms with Crippen LogP contribution in [0.2, 0.25) is 0 Å². The number of hydrogen-bond acceptors (Lipinski definition) is 2. The van der Waals surface area contributed by atoms with E-state index in [-0.39, 0.29) is 0 Å². The lowest BCUT2D eigenvalue weighted by molar-refractivity contribution is -0.131. The van der Waals surface area contributed by atoms with Gasteiger partial charge in [0.15, 0.2) is 0 Å². The molecule has 2 unspecified atom stereocenters. The van der Waals surface area contributed by atoms with Crippen LogP contribution in [0, 0.1) is 5.92 Å². The molecule has 0 aromatic carbocycles. The van der Waals surface area contributed by atoms with Gasteiger partial charge >= 0.3 is 5.97 Å². The molecule has 1 aliphatic carbocycles. The first-order valence-corrected chi connectivity index (χ1v) is 2.85. The van der Waals surface area contributed by atoms with Gasteiger partial charge in [-0.25, -0.2) is 4.79 Å². The highest BCUT2D eigenvalue weighted by Gasteiger charge is 2.66. The Labute approximate surface area is 51.9 Å². The van der Waals surface area contributed by atoms with Crippen molar-refractivity contribution >= 4 is 5.97 Å². The molecule has 0 spiro atoms. The molecule has 2 atom stereocenters. The second kappa shape index (κ2) is 1.36. The van der Waals surface area contributed by atoms with Crippen molar-refractivity contribution in [1.82, 2.24) is 0 Å². The minimum absolute atomic E-state index is 0.376. The van der Waals surface area contributed by atoms with E-state index in [2.05, 4.69) is 0 Å². The molecule has 3 heteroatoms. The summed E-state index contributed by atoms with van der Waals surface area (Å²) >= 11 is 0. The summed E-state index contributed by atoms with van der Waals surface area (Å²) < 4.78 is 4.91. The number of ether oxygens (including phenoxy) is 1. The lowest BCUT2D eigenvalue weighted by atomic mass is 10.3. The predicted molar refractivity (Wildman–Crippen MR) is 28.9 cm³/mol. The largest absolute Gasteiger partial charge is 0.478 e. The maximum Gasteiger partial charge on any atom is 0.327 e. The smallest absolute Gasteiger partial charge is 0.327 e. The van der Waals surface area contributed by atoms with Gasteiger partial charge < -0.3 is 9.84 Å². The first kappa shape index (κ1) is 4.99. The maximum atomic E-state index is 9.93. The molecule has 1 saturated heterocycles. The molecule has 0 radical (unpaired) electrons. The van der Waals surface area contributed by atoms with E-state index in [9.17, 15) is 4.79 Å². The second-order valence-electron chi connectivity index (χ2n) is 2.34. The van der Waals surface area contributed by atoms with Crippen molar-refractivity contribution in [2.24, 2.45) is 5.92 Å². The molecule has 2 aliphatic rings. The molecule has 0 bridgehead atoms. The molecule has 1 heterocycles. The quantitative estimate of drug-likeness (QED) is 0.419. The first-order chi connectivity index (χ1) is 4.29. The first-order valence-electron chi connectivity index (χ1n) is 2.85. The van der Waals surface area contributed by atoms with Gasteiger partial charge in [-0.1, -0.05) is 6.08 Å². The zero-order chi connectivity index (χ0) is 6.43. The van der Waals surface area contributed by atoms with Crippen LogP contribution in [0.3, 0.4) is 0 Å². The van der Waals surface area contributed by atoms with Gasteiger partial charge in [0.25, 0.3) is 0 Å². The van der Waals surface area contributed by atoms with Gasteiger partial charge in [0.1, 0.15) is 0 Å². The van der Waals surface area contributed by atoms with Crippen molar-refractivity contribution in [3.8, 4) is 0 Å². The van der Waals surface area contributed by atoms with Crippen molar-refractivity contribution in [3.63, 3.8) is 0 Å². The van der Waals surface area contributed by atoms with Crippen molar-refractivity contribution in [3.05, 3.63) is 12.2 Å². The summed E-state index contributed by atoms with van der Waals surface area (Å²) in [5, 5.41) is 8.16. The van der Waals surface area contributed by atoms with Crippen molar-refractivity contribution in [2.45, 2.75) is 12.2 Å². The van der Waals surface area contributed by atoms with Gasteiger partial charge in [-0.2, -0.15) is 0 Å². The third kappa shape index (κ3) is 0.733. The van der Waals surface area contributed by atoms with Gasteiger partial charge in [-0.15, -0.1) is 0 Å². The van der Waals surface area contributed by atoms with Crippen LogP contribution in [0.5, 0.6) is 0 Å². The Kier molecular flexibility index (Phi) is 0.754. The van der Waals surface area contributed by atoms with Crippen molar-refractivity contribution < 1.29 is 14.6 Å². The number of hydrogen-bond donors (Lipinski definition) is 1. The minimum Gasteiger partial charge on any atom is -0.478 e. The molecular formula is C6H6O3. The molecule has 0 aromatic heterocycles. The molecular weight excluding hydrogens is 120 g/mol. The zero-order valence-electron chi connectivity index (χ0n) is 4.65. The Bertz CT molecular complexity index is 177. The predicted octanol–water partition coefficient (Wildman–Crippen LogP) is 0.0244. The number of carboxylic acids is 1. The highest BCUT2D eigenvalue weighted by Crippen LogP contribution is 2.54. The monoisotopic (exact) mass is 126 g/mol. The van der Waals surface area contributed by atoms with Crippen LogP contribution >= 0.6 is 0 Å². The molecule has 9 heavy (non-hydrogen) atoms. The minimum atomic E-state index is -0.874. The normalized spacial score (nSPS) is 44.7. The van der Waals surface area contributed by atoms with Crippen LogP contribution in [-0.4, -0.2) is 23.3 Å². The van der Waals surface area contributed by atoms with E-state index in [0.29, 0.717) is 18.1 Å². The second-order valence-corrected chi connectivity index (χ2v) is 2.34.